The summed E-state index contributed by atoms with van der Waals surface area (Å²) in [6, 6.07) is 4.40. The monoisotopic (exact) mass is 397 g/mol. The van der Waals surface area contributed by atoms with Crippen LogP contribution in [0.5, 0.6) is 0 Å². The Labute approximate surface area is 166 Å². The van der Waals surface area contributed by atoms with Gasteiger partial charge in [-0.2, -0.15) is 0 Å². The third kappa shape index (κ3) is 3.09. The molecule has 5 nitrogen and oxygen atoms in total. The van der Waals surface area contributed by atoms with Crippen LogP contribution in [-0.4, -0.2) is 26.0 Å². The summed E-state index contributed by atoms with van der Waals surface area (Å²) >= 11 is 0. The van der Waals surface area contributed by atoms with Crippen molar-refractivity contribution in [2.75, 3.05) is 0 Å². The molecular weight excluding hydrogens is 376 g/mol. The molecule has 3 aromatic rings. The van der Waals surface area contributed by atoms with Gasteiger partial charge in [0.05, 0.1) is 17.8 Å². The first-order chi connectivity index (χ1) is 14.0. The fraction of sp³-hybridized carbons (Fsp3) is 0.409. The molecule has 150 valence electrons. The summed E-state index contributed by atoms with van der Waals surface area (Å²) in [5, 5.41) is 10.4. The molecule has 2 heterocycles. The van der Waals surface area contributed by atoms with Crippen molar-refractivity contribution in [2.45, 2.75) is 32.1 Å². The SMILES string of the molecule is O=C(O)[C@H]1C2CCC(CC2)[C@@H]1Cc1nc(-c2c[nH]c3ccc(F)cc23)ncc1F. The van der Waals surface area contributed by atoms with E-state index in [4.69, 9.17) is 0 Å². The standard InChI is InChI=1S/C22H21F2N3O2/c23-13-5-6-18-15(7-13)16(9-25-18)21-26-10-17(24)19(27-21)8-14-11-1-3-12(4-2-11)20(14)22(28)29/h5-7,9-12,14,20,25H,1-4,8H2,(H,28,29)/t11?,12?,14-,20-/m0/s1. The Morgan fingerprint density at radius 3 is 2.69 bits per heavy atom. The Morgan fingerprint density at radius 2 is 1.93 bits per heavy atom. The largest absolute Gasteiger partial charge is 0.481 e. The van der Waals surface area contributed by atoms with Crippen molar-refractivity contribution in [1.82, 2.24) is 15.0 Å². The normalized spacial score (nSPS) is 26.1. The van der Waals surface area contributed by atoms with Crippen LogP contribution in [0, 0.1) is 35.3 Å². The maximum Gasteiger partial charge on any atom is 0.307 e. The molecule has 3 aliphatic carbocycles. The molecule has 0 unspecified atom stereocenters. The van der Waals surface area contributed by atoms with E-state index < -0.39 is 17.7 Å². The Kier molecular flexibility index (Phi) is 4.33. The Hall–Kier alpha value is -2.83. The molecule has 3 fully saturated rings. The molecule has 2 bridgehead atoms. The molecular formula is C22H21F2N3O2. The minimum atomic E-state index is -0.786. The van der Waals surface area contributed by atoms with E-state index in [9.17, 15) is 18.7 Å². The summed E-state index contributed by atoms with van der Waals surface area (Å²) in [6.45, 7) is 0. The van der Waals surface area contributed by atoms with Crippen LogP contribution in [0.25, 0.3) is 22.3 Å². The quantitative estimate of drug-likeness (QED) is 0.675. The number of benzene rings is 1. The van der Waals surface area contributed by atoms with Crippen LogP contribution in [0.4, 0.5) is 8.78 Å². The number of halogens is 2. The van der Waals surface area contributed by atoms with E-state index in [1.807, 2.05) is 0 Å². The summed E-state index contributed by atoms with van der Waals surface area (Å²) in [5.41, 5.74) is 1.58. The first-order valence-electron chi connectivity index (χ1n) is 10.0. The van der Waals surface area contributed by atoms with Crippen LogP contribution >= 0.6 is 0 Å². The number of carboxylic acid groups (broad SMARTS) is 1. The number of hydrogen-bond acceptors (Lipinski definition) is 3. The Morgan fingerprint density at radius 1 is 1.17 bits per heavy atom. The zero-order valence-corrected chi connectivity index (χ0v) is 15.7. The third-order valence-corrected chi connectivity index (χ3v) is 6.81. The van der Waals surface area contributed by atoms with Crippen molar-refractivity contribution >= 4 is 16.9 Å². The molecule has 0 saturated heterocycles. The molecule has 29 heavy (non-hydrogen) atoms. The molecule has 2 N–H and O–H groups in total. The highest BCUT2D eigenvalue weighted by Gasteiger charge is 2.47. The van der Waals surface area contributed by atoms with E-state index in [0.29, 0.717) is 22.7 Å². The van der Waals surface area contributed by atoms with Crippen LogP contribution in [0.15, 0.2) is 30.6 Å². The van der Waals surface area contributed by atoms with Gasteiger partial charge in [0.2, 0.25) is 0 Å². The van der Waals surface area contributed by atoms with E-state index >= 15 is 0 Å². The average molecular weight is 397 g/mol. The van der Waals surface area contributed by atoms with E-state index in [1.165, 1.54) is 12.1 Å². The highest BCUT2D eigenvalue weighted by atomic mass is 19.1. The molecule has 7 heteroatoms. The molecule has 0 spiro atoms. The second kappa shape index (κ2) is 6.90. The summed E-state index contributed by atoms with van der Waals surface area (Å²) in [7, 11) is 0. The number of aromatic nitrogens is 3. The number of carboxylic acids is 1. The number of hydrogen-bond donors (Lipinski definition) is 2. The maximum atomic E-state index is 14.6. The summed E-state index contributed by atoms with van der Waals surface area (Å²) in [5.74, 6) is -1.46. The summed E-state index contributed by atoms with van der Waals surface area (Å²) < 4.78 is 28.3. The van der Waals surface area contributed by atoms with Gasteiger partial charge in [-0.3, -0.25) is 4.79 Å². The summed E-state index contributed by atoms with van der Waals surface area (Å²) in [4.78, 5) is 23.5. The van der Waals surface area contributed by atoms with Crippen LogP contribution in [0.2, 0.25) is 0 Å². The molecule has 3 saturated carbocycles. The molecule has 3 aliphatic rings. The fourth-order valence-electron chi connectivity index (χ4n) is 5.43. The Bertz CT molecular complexity index is 1090. The Balaban J connectivity index is 1.51. The lowest BCUT2D eigenvalue weighted by molar-refractivity contribution is -0.152. The van der Waals surface area contributed by atoms with Gasteiger partial charge in [-0.05, 0) is 68.1 Å². The highest BCUT2D eigenvalue weighted by molar-refractivity contribution is 5.93. The number of aliphatic carboxylic acids is 1. The topological polar surface area (TPSA) is 78.9 Å². The zero-order valence-electron chi connectivity index (χ0n) is 15.7. The molecule has 0 amide bonds. The molecule has 0 aliphatic heterocycles. The van der Waals surface area contributed by atoms with Gasteiger partial charge in [0.15, 0.2) is 11.6 Å². The highest BCUT2D eigenvalue weighted by Crippen LogP contribution is 2.50. The van der Waals surface area contributed by atoms with Gasteiger partial charge in [0.25, 0.3) is 0 Å². The zero-order chi connectivity index (χ0) is 20.1. The first-order valence-corrected chi connectivity index (χ1v) is 10.0. The maximum absolute atomic E-state index is 14.6. The van der Waals surface area contributed by atoms with Crippen LogP contribution < -0.4 is 0 Å². The minimum Gasteiger partial charge on any atom is -0.481 e. The number of carbonyl (C=O) groups is 1. The predicted octanol–water partition coefficient (Wildman–Crippen LogP) is 4.58. The van der Waals surface area contributed by atoms with Crippen molar-refractivity contribution in [2.24, 2.45) is 23.7 Å². The van der Waals surface area contributed by atoms with Gasteiger partial charge in [0, 0.05) is 22.7 Å². The lowest BCUT2D eigenvalue weighted by Gasteiger charge is -2.46. The lowest BCUT2D eigenvalue weighted by atomic mass is 9.57. The van der Waals surface area contributed by atoms with Gasteiger partial charge in [-0.25, -0.2) is 18.7 Å². The second-order valence-corrected chi connectivity index (χ2v) is 8.29. The van der Waals surface area contributed by atoms with Crippen molar-refractivity contribution < 1.29 is 18.7 Å². The first kappa shape index (κ1) is 18.2. The number of fused-ring (bicyclic) bond motifs is 4. The number of rotatable bonds is 4. The number of nitrogens with one attached hydrogen (secondary N) is 1. The van der Waals surface area contributed by atoms with Crippen LogP contribution in [-0.2, 0) is 11.2 Å². The van der Waals surface area contributed by atoms with Crippen molar-refractivity contribution in [1.29, 1.82) is 0 Å². The van der Waals surface area contributed by atoms with Crippen molar-refractivity contribution in [3.8, 4) is 11.4 Å². The van der Waals surface area contributed by atoms with E-state index in [1.54, 1.807) is 12.3 Å². The van der Waals surface area contributed by atoms with Crippen LogP contribution in [0.3, 0.4) is 0 Å². The lowest BCUT2D eigenvalue weighted by Crippen LogP contribution is -2.45. The van der Waals surface area contributed by atoms with Gasteiger partial charge in [-0.1, -0.05) is 0 Å². The molecule has 1 aromatic carbocycles. The average Bonchev–Trinajstić information content (AvgIpc) is 3.13. The fourth-order valence-corrected chi connectivity index (χ4v) is 5.43. The third-order valence-electron chi connectivity index (χ3n) is 6.81. The number of H-pyrrole nitrogens is 1. The van der Waals surface area contributed by atoms with E-state index in [-0.39, 0.29) is 29.8 Å². The minimum absolute atomic E-state index is 0.113. The smallest absolute Gasteiger partial charge is 0.307 e. The molecule has 2 atom stereocenters. The van der Waals surface area contributed by atoms with Crippen LogP contribution in [0.1, 0.15) is 31.4 Å². The van der Waals surface area contributed by atoms with E-state index in [0.717, 1.165) is 37.4 Å². The second-order valence-electron chi connectivity index (χ2n) is 8.29. The van der Waals surface area contributed by atoms with Crippen molar-refractivity contribution in [3.63, 3.8) is 0 Å². The van der Waals surface area contributed by atoms with Gasteiger partial charge >= 0.3 is 5.97 Å². The van der Waals surface area contributed by atoms with Gasteiger partial charge < -0.3 is 10.1 Å². The summed E-state index contributed by atoms with van der Waals surface area (Å²) in [6.07, 6.45) is 6.99. The van der Waals surface area contributed by atoms with E-state index in [2.05, 4.69) is 15.0 Å². The molecule has 2 aromatic heterocycles. The molecule has 0 radical (unpaired) electrons. The van der Waals surface area contributed by atoms with Gasteiger partial charge in [-0.15, -0.1) is 0 Å². The number of nitrogens with zero attached hydrogens (tertiary/aromatic N) is 2. The number of aromatic amines is 1. The molecule has 6 rings (SSSR count). The van der Waals surface area contributed by atoms with Crippen molar-refractivity contribution in [3.05, 3.63) is 47.9 Å². The predicted molar refractivity (Wildman–Crippen MR) is 103 cm³/mol. The van der Waals surface area contributed by atoms with Gasteiger partial charge in [0.1, 0.15) is 5.82 Å².